The Labute approximate surface area is 141 Å². The molecule has 0 fully saturated rings. The highest BCUT2D eigenvalue weighted by Gasteiger charge is 2.19. The summed E-state index contributed by atoms with van der Waals surface area (Å²) >= 11 is 0. The number of nitro benzene ring substituents is 1. The van der Waals surface area contributed by atoms with Gasteiger partial charge in [-0.3, -0.25) is 14.9 Å². The van der Waals surface area contributed by atoms with Crippen LogP contribution in [0.15, 0.2) is 42.5 Å². The summed E-state index contributed by atoms with van der Waals surface area (Å²) in [6.07, 6.45) is 0.755. The smallest absolute Gasteiger partial charge is 0.273 e. The second-order valence-corrected chi connectivity index (χ2v) is 5.95. The van der Waals surface area contributed by atoms with Crippen LogP contribution in [0.4, 0.5) is 5.69 Å². The van der Waals surface area contributed by atoms with E-state index in [1.807, 2.05) is 32.9 Å². The molecule has 0 radical (unpaired) electrons. The third-order valence-corrected chi connectivity index (χ3v) is 4.08. The summed E-state index contributed by atoms with van der Waals surface area (Å²) in [5.41, 5.74) is 3.80. The van der Waals surface area contributed by atoms with Gasteiger partial charge in [0.25, 0.3) is 5.69 Å². The molecule has 0 saturated carbocycles. The molecule has 5 nitrogen and oxygen atoms in total. The molecule has 24 heavy (non-hydrogen) atoms. The molecule has 0 aliphatic carbocycles. The van der Waals surface area contributed by atoms with Crippen LogP contribution in [0.25, 0.3) is 0 Å². The third-order valence-electron chi connectivity index (χ3n) is 4.08. The van der Waals surface area contributed by atoms with Crippen molar-refractivity contribution < 1.29 is 9.72 Å². The lowest BCUT2D eigenvalue weighted by molar-refractivity contribution is -0.385. The second-order valence-electron chi connectivity index (χ2n) is 5.95. The van der Waals surface area contributed by atoms with Gasteiger partial charge in [-0.05, 0) is 31.4 Å². The van der Waals surface area contributed by atoms with Crippen LogP contribution in [0.1, 0.15) is 41.6 Å². The van der Waals surface area contributed by atoms with Gasteiger partial charge in [0, 0.05) is 11.6 Å². The molecule has 0 aliphatic rings. The highest BCUT2D eigenvalue weighted by atomic mass is 16.6. The monoisotopic (exact) mass is 326 g/mol. The minimum absolute atomic E-state index is 0.00143. The summed E-state index contributed by atoms with van der Waals surface area (Å²) in [7, 11) is 0. The fraction of sp³-hybridized carbons (Fsp3) is 0.316. The second kappa shape index (κ2) is 7.73. The first-order valence-electron chi connectivity index (χ1n) is 8.01. The first-order valence-corrected chi connectivity index (χ1v) is 8.01. The predicted molar refractivity (Wildman–Crippen MR) is 93.9 cm³/mol. The van der Waals surface area contributed by atoms with Gasteiger partial charge in [-0.25, -0.2) is 0 Å². The molecule has 0 bridgehead atoms. The van der Waals surface area contributed by atoms with E-state index >= 15 is 0 Å². The summed E-state index contributed by atoms with van der Waals surface area (Å²) < 4.78 is 0. The van der Waals surface area contributed by atoms with Crippen molar-refractivity contribution in [2.24, 2.45) is 0 Å². The van der Waals surface area contributed by atoms with Crippen LogP contribution in [-0.4, -0.2) is 10.8 Å². The van der Waals surface area contributed by atoms with E-state index in [2.05, 4.69) is 11.4 Å². The highest BCUT2D eigenvalue weighted by molar-refractivity contribution is 5.80. The van der Waals surface area contributed by atoms with E-state index in [4.69, 9.17) is 0 Å². The van der Waals surface area contributed by atoms with Gasteiger partial charge in [-0.2, -0.15) is 0 Å². The molecule has 0 spiro atoms. The molecule has 1 amide bonds. The number of nitro groups is 1. The Morgan fingerprint density at radius 3 is 2.54 bits per heavy atom. The summed E-state index contributed by atoms with van der Waals surface area (Å²) in [4.78, 5) is 23.0. The number of aryl methyl sites for hydroxylation is 2. The Balaban J connectivity index is 2.14. The Morgan fingerprint density at radius 2 is 1.92 bits per heavy atom. The summed E-state index contributed by atoms with van der Waals surface area (Å²) in [5, 5.41) is 14.0. The van der Waals surface area contributed by atoms with Crippen LogP contribution in [0, 0.1) is 24.0 Å². The number of amides is 1. The van der Waals surface area contributed by atoms with Crippen LogP contribution in [0.5, 0.6) is 0 Å². The van der Waals surface area contributed by atoms with E-state index in [1.54, 1.807) is 18.2 Å². The molecule has 0 aliphatic heterocycles. The number of carbonyl (C=O) groups excluding carboxylic acids is 1. The molecular formula is C19H22N2O3. The number of rotatable bonds is 6. The van der Waals surface area contributed by atoms with Crippen molar-refractivity contribution in [3.05, 3.63) is 74.8 Å². The number of carbonyl (C=O) groups is 1. The average Bonchev–Trinajstić information content (AvgIpc) is 2.53. The molecule has 1 atom stereocenters. The normalized spacial score (nSPS) is 11.8. The van der Waals surface area contributed by atoms with Crippen molar-refractivity contribution in [1.82, 2.24) is 5.32 Å². The Morgan fingerprint density at radius 1 is 1.21 bits per heavy atom. The van der Waals surface area contributed by atoms with Crippen molar-refractivity contribution in [3.8, 4) is 0 Å². The van der Waals surface area contributed by atoms with Crippen molar-refractivity contribution in [2.45, 2.75) is 39.7 Å². The Hall–Kier alpha value is -2.69. The van der Waals surface area contributed by atoms with Crippen LogP contribution >= 0.6 is 0 Å². The predicted octanol–water partition coefficient (Wildman–Crippen LogP) is 4.02. The fourth-order valence-corrected chi connectivity index (χ4v) is 2.87. The summed E-state index contributed by atoms with van der Waals surface area (Å²) in [6, 6.07) is 12.4. The maximum absolute atomic E-state index is 12.4. The number of nitrogens with one attached hydrogen (secondary N) is 1. The van der Waals surface area contributed by atoms with Gasteiger partial charge in [-0.1, -0.05) is 48.9 Å². The molecule has 0 heterocycles. The van der Waals surface area contributed by atoms with Crippen molar-refractivity contribution >= 4 is 11.6 Å². The number of hydrogen-bond acceptors (Lipinski definition) is 3. The van der Waals surface area contributed by atoms with Crippen LogP contribution in [0.3, 0.4) is 0 Å². The van der Waals surface area contributed by atoms with E-state index < -0.39 is 4.92 Å². The molecule has 1 N–H and O–H groups in total. The zero-order valence-corrected chi connectivity index (χ0v) is 14.2. The van der Waals surface area contributed by atoms with Crippen molar-refractivity contribution in [3.63, 3.8) is 0 Å². The first-order chi connectivity index (χ1) is 11.4. The van der Waals surface area contributed by atoms with Gasteiger partial charge >= 0.3 is 0 Å². The molecule has 2 aromatic carbocycles. The molecule has 2 rings (SSSR count). The molecule has 0 aromatic heterocycles. The van der Waals surface area contributed by atoms with Gasteiger partial charge in [0.2, 0.25) is 5.91 Å². The van der Waals surface area contributed by atoms with E-state index in [1.165, 1.54) is 11.6 Å². The number of nitrogens with zero attached hydrogens (tertiary/aromatic N) is 1. The topological polar surface area (TPSA) is 72.2 Å². The van der Waals surface area contributed by atoms with E-state index in [0.29, 0.717) is 5.56 Å². The number of para-hydroxylation sites is 1. The molecule has 0 saturated heterocycles. The van der Waals surface area contributed by atoms with Gasteiger partial charge in [0.1, 0.15) is 0 Å². The lowest BCUT2D eigenvalue weighted by Crippen LogP contribution is -2.30. The largest absolute Gasteiger partial charge is 0.349 e. The zero-order valence-electron chi connectivity index (χ0n) is 14.2. The fourth-order valence-electron chi connectivity index (χ4n) is 2.87. The lowest BCUT2D eigenvalue weighted by atomic mass is 9.97. The standard InChI is InChI=1S/C19H22N2O3/c1-4-17(16-10-9-13(2)11-14(16)3)20-19(22)12-15-7-5-6-8-18(15)21(23)24/h5-11,17H,4,12H2,1-3H3,(H,20,22)/t17-/m1/s1. The molecule has 126 valence electrons. The summed E-state index contributed by atoms with van der Waals surface area (Å²) in [6.45, 7) is 6.07. The van der Waals surface area contributed by atoms with Crippen molar-refractivity contribution in [2.75, 3.05) is 0 Å². The Bertz CT molecular complexity index is 756. The number of benzene rings is 2. The van der Waals surface area contributed by atoms with Crippen LogP contribution < -0.4 is 5.32 Å². The maximum Gasteiger partial charge on any atom is 0.273 e. The number of hydrogen-bond donors (Lipinski definition) is 1. The van der Waals surface area contributed by atoms with E-state index in [9.17, 15) is 14.9 Å². The third kappa shape index (κ3) is 4.19. The zero-order chi connectivity index (χ0) is 17.7. The molecular weight excluding hydrogens is 304 g/mol. The minimum atomic E-state index is -0.454. The van der Waals surface area contributed by atoms with Crippen molar-refractivity contribution in [1.29, 1.82) is 0 Å². The minimum Gasteiger partial charge on any atom is -0.349 e. The quantitative estimate of drug-likeness (QED) is 0.643. The Kier molecular flexibility index (Phi) is 5.68. The lowest BCUT2D eigenvalue weighted by Gasteiger charge is -2.20. The van der Waals surface area contributed by atoms with Crippen LogP contribution in [-0.2, 0) is 11.2 Å². The van der Waals surface area contributed by atoms with Gasteiger partial charge < -0.3 is 5.32 Å². The van der Waals surface area contributed by atoms with Gasteiger partial charge in [0.05, 0.1) is 17.4 Å². The SMILES string of the molecule is CC[C@@H](NC(=O)Cc1ccccc1[N+](=O)[O-])c1ccc(C)cc1C. The maximum atomic E-state index is 12.4. The van der Waals surface area contributed by atoms with Gasteiger partial charge in [0.15, 0.2) is 0 Å². The van der Waals surface area contributed by atoms with E-state index in [-0.39, 0.29) is 24.1 Å². The molecule has 5 heteroatoms. The average molecular weight is 326 g/mol. The molecule has 2 aromatic rings. The first kappa shape index (κ1) is 17.7. The van der Waals surface area contributed by atoms with Gasteiger partial charge in [-0.15, -0.1) is 0 Å². The molecule has 0 unspecified atom stereocenters. The highest BCUT2D eigenvalue weighted by Crippen LogP contribution is 2.23. The van der Waals surface area contributed by atoms with E-state index in [0.717, 1.165) is 17.5 Å². The summed E-state index contributed by atoms with van der Waals surface area (Å²) in [5.74, 6) is -0.212. The van der Waals surface area contributed by atoms with Crippen LogP contribution in [0.2, 0.25) is 0 Å².